The van der Waals surface area contributed by atoms with Gasteiger partial charge in [0.1, 0.15) is 22.8 Å². The molecule has 4 rings (SSSR count). The van der Waals surface area contributed by atoms with Gasteiger partial charge < -0.3 is 9.09 Å². The van der Waals surface area contributed by atoms with Crippen LogP contribution in [0.15, 0.2) is 53.4 Å². The molecule has 0 saturated heterocycles. The molecular formula is C16H10ClN5O3. The van der Waals surface area contributed by atoms with E-state index >= 15 is 0 Å². The highest BCUT2D eigenvalue weighted by molar-refractivity contribution is 6.33. The molecule has 0 N–H and O–H groups in total. The summed E-state index contributed by atoms with van der Waals surface area (Å²) in [4.78, 5) is 18.4. The maximum absolute atomic E-state index is 10.7. The van der Waals surface area contributed by atoms with Crippen molar-refractivity contribution in [1.82, 2.24) is 19.7 Å². The van der Waals surface area contributed by atoms with Crippen LogP contribution in [0.2, 0.25) is 5.15 Å². The number of non-ortho nitro benzene ring substituents is 1. The molecule has 0 radical (unpaired) electrons. The standard InChI is InChI=1S/C16H10ClN5O3/c17-15-13-5-6-21(16(13)19-9-18-15)8-12-7-14(20-25-12)10-1-3-11(4-2-10)22(23)24/h1-7,9H,8H2. The Morgan fingerprint density at radius 1 is 1.20 bits per heavy atom. The van der Waals surface area contributed by atoms with Crippen LogP contribution in [0.25, 0.3) is 22.3 Å². The molecule has 3 heterocycles. The van der Waals surface area contributed by atoms with Gasteiger partial charge in [0, 0.05) is 30.0 Å². The SMILES string of the molecule is O=[N+]([O-])c1ccc(-c2cc(Cn3ccc4c(Cl)ncnc43)on2)cc1. The van der Waals surface area contributed by atoms with Gasteiger partial charge in [-0.15, -0.1) is 0 Å². The number of rotatable bonds is 4. The number of benzene rings is 1. The van der Waals surface area contributed by atoms with Crippen molar-refractivity contribution < 1.29 is 9.45 Å². The lowest BCUT2D eigenvalue weighted by Crippen LogP contribution is -1.98. The predicted octanol–water partition coefficient (Wildman–Crippen LogP) is 3.70. The Hall–Kier alpha value is -3.26. The van der Waals surface area contributed by atoms with Crippen LogP contribution in [-0.2, 0) is 6.54 Å². The third kappa shape index (κ3) is 2.83. The average molecular weight is 356 g/mol. The fourth-order valence-electron chi connectivity index (χ4n) is 2.55. The molecule has 1 aromatic carbocycles. The van der Waals surface area contributed by atoms with Crippen LogP contribution in [-0.4, -0.2) is 24.6 Å². The Morgan fingerprint density at radius 3 is 2.76 bits per heavy atom. The van der Waals surface area contributed by atoms with Crippen LogP contribution in [0.3, 0.4) is 0 Å². The van der Waals surface area contributed by atoms with E-state index in [4.69, 9.17) is 16.1 Å². The van der Waals surface area contributed by atoms with E-state index in [1.54, 1.807) is 18.2 Å². The first-order valence-electron chi connectivity index (χ1n) is 7.27. The number of aromatic nitrogens is 4. The summed E-state index contributed by atoms with van der Waals surface area (Å²) in [5, 5.41) is 15.9. The third-order valence-electron chi connectivity index (χ3n) is 3.77. The second-order valence-electron chi connectivity index (χ2n) is 5.33. The van der Waals surface area contributed by atoms with E-state index < -0.39 is 4.92 Å². The number of nitro benzene ring substituents is 1. The van der Waals surface area contributed by atoms with Gasteiger partial charge in [-0.1, -0.05) is 16.8 Å². The maximum Gasteiger partial charge on any atom is 0.269 e. The lowest BCUT2D eigenvalue weighted by molar-refractivity contribution is -0.384. The van der Waals surface area contributed by atoms with Crippen LogP contribution in [0.5, 0.6) is 0 Å². The lowest BCUT2D eigenvalue weighted by atomic mass is 10.1. The minimum absolute atomic E-state index is 0.0304. The van der Waals surface area contributed by atoms with Gasteiger partial charge in [0.2, 0.25) is 0 Å². The molecule has 0 spiro atoms. The molecule has 0 aliphatic carbocycles. The molecule has 3 aromatic heterocycles. The Balaban J connectivity index is 1.60. The Kier molecular flexibility index (Phi) is 3.66. The summed E-state index contributed by atoms with van der Waals surface area (Å²) in [7, 11) is 0. The Bertz CT molecular complexity index is 1070. The van der Waals surface area contributed by atoms with Gasteiger partial charge in [-0.3, -0.25) is 10.1 Å². The summed E-state index contributed by atoms with van der Waals surface area (Å²) in [6.45, 7) is 0.427. The molecule has 124 valence electrons. The molecule has 4 aromatic rings. The monoisotopic (exact) mass is 355 g/mol. The lowest BCUT2D eigenvalue weighted by Gasteiger charge is -2.00. The third-order valence-corrected chi connectivity index (χ3v) is 4.07. The smallest absolute Gasteiger partial charge is 0.269 e. The second-order valence-corrected chi connectivity index (χ2v) is 5.69. The first-order valence-corrected chi connectivity index (χ1v) is 7.65. The van der Waals surface area contributed by atoms with Crippen molar-refractivity contribution in [2.24, 2.45) is 0 Å². The van der Waals surface area contributed by atoms with E-state index in [1.807, 2.05) is 16.8 Å². The average Bonchev–Trinajstić information content (AvgIpc) is 3.24. The predicted molar refractivity (Wildman–Crippen MR) is 90.2 cm³/mol. The number of hydrogen-bond donors (Lipinski definition) is 0. The number of nitro groups is 1. The largest absolute Gasteiger partial charge is 0.359 e. The zero-order chi connectivity index (χ0) is 17.4. The molecule has 0 aliphatic rings. The van der Waals surface area contributed by atoms with E-state index in [0.717, 1.165) is 10.9 Å². The van der Waals surface area contributed by atoms with Crippen LogP contribution in [0.4, 0.5) is 5.69 Å². The quantitative estimate of drug-likeness (QED) is 0.314. The highest BCUT2D eigenvalue weighted by Crippen LogP contribution is 2.24. The Morgan fingerprint density at radius 2 is 2.00 bits per heavy atom. The highest BCUT2D eigenvalue weighted by atomic mass is 35.5. The number of fused-ring (bicyclic) bond motifs is 1. The van der Waals surface area contributed by atoms with Gasteiger partial charge in [0.05, 0.1) is 16.9 Å². The van der Waals surface area contributed by atoms with Gasteiger partial charge in [-0.25, -0.2) is 9.97 Å². The summed E-state index contributed by atoms with van der Waals surface area (Å²) < 4.78 is 7.25. The Labute approximate surface area is 145 Å². The fraction of sp³-hybridized carbons (Fsp3) is 0.0625. The van der Waals surface area contributed by atoms with E-state index in [0.29, 0.717) is 28.8 Å². The van der Waals surface area contributed by atoms with Gasteiger partial charge >= 0.3 is 0 Å². The van der Waals surface area contributed by atoms with Crippen LogP contribution in [0.1, 0.15) is 5.76 Å². The second kappa shape index (κ2) is 5.99. The molecule has 25 heavy (non-hydrogen) atoms. The molecule has 0 saturated carbocycles. The van der Waals surface area contributed by atoms with Crippen molar-refractivity contribution in [3.8, 4) is 11.3 Å². The minimum atomic E-state index is -0.442. The topological polar surface area (TPSA) is 99.9 Å². The zero-order valence-electron chi connectivity index (χ0n) is 12.7. The van der Waals surface area contributed by atoms with Gasteiger partial charge in [-0.2, -0.15) is 0 Å². The first kappa shape index (κ1) is 15.3. The molecule has 0 bridgehead atoms. The van der Waals surface area contributed by atoms with Crippen molar-refractivity contribution >= 4 is 28.3 Å². The van der Waals surface area contributed by atoms with Crippen molar-refractivity contribution in [2.75, 3.05) is 0 Å². The summed E-state index contributed by atoms with van der Waals surface area (Å²) in [5.41, 5.74) is 2.08. The molecule has 9 heteroatoms. The number of hydrogen-bond acceptors (Lipinski definition) is 6. The molecule has 0 unspecified atom stereocenters. The molecule has 0 aliphatic heterocycles. The summed E-state index contributed by atoms with van der Waals surface area (Å²) in [5.74, 6) is 0.626. The maximum atomic E-state index is 10.7. The van der Waals surface area contributed by atoms with E-state index in [2.05, 4.69) is 15.1 Å². The molecular weight excluding hydrogens is 346 g/mol. The summed E-state index contributed by atoms with van der Waals surface area (Å²) in [6.07, 6.45) is 3.25. The van der Waals surface area contributed by atoms with Gasteiger partial charge in [0.25, 0.3) is 5.69 Å². The molecule has 0 amide bonds. The fourth-order valence-corrected chi connectivity index (χ4v) is 2.74. The molecule has 0 atom stereocenters. The van der Waals surface area contributed by atoms with Crippen LogP contribution < -0.4 is 0 Å². The normalized spacial score (nSPS) is 11.1. The first-order chi connectivity index (χ1) is 12.1. The van der Waals surface area contributed by atoms with Crippen LogP contribution >= 0.6 is 11.6 Å². The van der Waals surface area contributed by atoms with Crippen LogP contribution in [0, 0.1) is 10.1 Å². The zero-order valence-corrected chi connectivity index (χ0v) is 13.4. The van der Waals surface area contributed by atoms with Crippen molar-refractivity contribution in [3.05, 3.63) is 70.0 Å². The molecule has 0 fully saturated rings. The van der Waals surface area contributed by atoms with Crippen molar-refractivity contribution in [1.29, 1.82) is 0 Å². The van der Waals surface area contributed by atoms with Crippen molar-refractivity contribution in [3.63, 3.8) is 0 Å². The number of halogens is 1. The highest BCUT2D eigenvalue weighted by Gasteiger charge is 2.12. The summed E-state index contributed by atoms with van der Waals surface area (Å²) >= 11 is 6.04. The van der Waals surface area contributed by atoms with Crippen molar-refractivity contribution in [2.45, 2.75) is 6.54 Å². The molecule has 8 nitrogen and oxygen atoms in total. The van der Waals surface area contributed by atoms with E-state index in [9.17, 15) is 10.1 Å². The van der Waals surface area contributed by atoms with Gasteiger partial charge in [0.15, 0.2) is 5.76 Å². The van der Waals surface area contributed by atoms with Gasteiger partial charge in [-0.05, 0) is 18.2 Å². The minimum Gasteiger partial charge on any atom is -0.359 e. The number of nitrogens with zero attached hydrogens (tertiary/aromatic N) is 5. The van der Waals surface area contributed by atoms with E-state index in [-0.39, 0.29) is 5.69 Å². The van der Waals surface area contributed by atoms with E-state index in [1.165, 1.54) is 18.5 Å². The summed E-state index contributed by atoms with van der Waals surface area (Å²) in [6, 6.07) is 9.76.